The van der Waals surface area contributed by atoms with Gasteiger partial charge in [0.25, 0.3) is 0 Å². The molecular formula is C9H16N2O4. The maximum absolute atomic E-state index is 11.4. The molecule has 2 N–H and O–H groups in total. The highest BCUT2D eigenvalue weighted by Crippen LogP contribution is 2.01. The predicted octanol–water partition coefficient (Wildman–Crippen LogP) is -0.00320. The first-order valence-corrected chi connectivity index (χ1v) is 4.68. The monoisotopic (exact) mass is 216 g/mol. The molecule has 0 aromatic rings. The largest absolute Gasteiger partial charge is 0.481 e. The molecule has 0 fully saturated rings. The molecule has 1 unspecified atom stereocenters. The van der Waals surface area contributed by atoms with Crippen molar-refractivity contribution in [3.63, 3.8) is 0 Å². The van der Waals surface area contributed by atoms with Crippen LogP contribution in [0, 0.1) is 5.92 Å². The summed E-state index contributed by atoms with van der Waals surface area (Å²) >= 11 is 0. The molecule has 0 saturated heterocycles. The van der Waals surface area contributed by atoms with Crippen molar-refractivity contribution in [3.05, 3.63) is 0 Å². The van der Waals surface area contributed by atoms with Gasteiger partial charge in [-0.1, -0.05) is 6.92 Å². The molecule has 6 nitrogen and oxygen atoms in total. The maximum atomic E-state index is 11.4. The van der Waals surface area contributed by atoms with E-state index >= 15 is 0 Å². The molecule has 0 rings (SSSR count). The first kappa shape index (κ1) is 13.4. The van der Waals surface area contributed by atoms with Crippen LogP contribution in [0.4, 0.5) is 0 Å². The van der Waals surface area contributed by atoms with E-state index in [4.69, 9.17) is 5.11 Å². The number of nitrogens with one attached hydrogen (secondary N) is 1. The van der Waals surface area contributed by atoms with Crippen LogP contribution >= 0.6 is 0 Å². The van der Waals surface area contributed by atoms with E-state index in [2.05, 4.69) is 5.43 Å². The van der Waals surface area contributed by atoms with Crippen LogP contribution in [-0.2, 0) is 14.4 Å². The summed E-state index contributed by atoms with van der Waals surface area (Å²) < 4.78 is 0. The Hall–Kier alpha value is -1.59. The normalized spacial score (nSPS) is 11.7. The Morgan fingerprint density at radius 2 is 1.93 bits per heavy atom. The Labute approximate surface area is 88.2 Å². The summed E-state index contributed by atoms with van der Waals surface area (Å²) in [6.07, 6.45) is -0.249. The van der Waals surface area contributed by atoms with Gasteiger partial charge in [0.15, 0.2) is 0 Å². The highest BCUT2D eigenvalue weighted by atomic mass is 16.4. The molecule has 0 aliphatic carbocycles. The average Bonchev–Trinajstić information content (AvgIpc) is 2.11. The Kier molecular flexibility index (Phi) is 5.36. The SMILES string of the molecule is CCN(NC(=O)C(C)CC(=O)O)C(C)=O. The van der Waals surface area contributed by atoms with Gasteiger partial charge in [0.2, 0.25) is 11.8 Å². The van der Waals surface area contributed by atoms with Crippen molar-refractivity contribution in [3.8, 4) is 0 Å². The van der Waals surface area contributed by atoms with E-state index < -0.39 is 17.8 Å². The highest BCUT2D eigenvalue weighted by Gasteiger charge is 2.19. The molecule has 0 spiro atoms. The summed E-state index contributed by atoms with van der Waals surface area (Å²) in [7, 11) is 0. The number of aliphatic carboxylic acids is 1. The van der Waals surface area contributed by atoms with Crippen LogP contribution in [0.1, 0.15) is 27.2 Å². The number of hydrogen-bond acceptors (Lipinski definition) is 3. The minimum atomic E-state index is -1.04. The van der Waals surface area contributed by atoms with Gasteiger partial charge in [-0.15, -0.1) is 0 Å². The van der Waals surface area contributed by atoms with Crippen molar-refractivity contribution in [1.82, 2.24) is 10.4 Å². The smallest absolute Gasteiger partial charge is 0.304 e. The van der Waals surface area contributed by atoms with Crippen LogP contribution in [0.2, 0.25) is 0 Å². The van der Waals surface area contributed by atoms with Gasteiger partial charge in [-0.3, -0.25) is 24.8 Å². The number of rotatable bonds is 4. The summed E-state index contributed by atoms with van der Waals surface area (Å²) in [6, 6.07) is 0. The van der Waals surface area contributed by atoms with Crippen molar-refractivity contribution in [1.29, 1.82) is 0 Å². The standard InChI is InChI=1S/C9H16N2O4/c1-4-11(7(3)12)10-9(15)6(2)5-8(13)14/h6H,4-5H2,1-3H3,(H,10,15)(H,13,14). The number of hydrogen-bond donors (Lipinski definition) is 2. The minimum absolute atomic E-state index is 0.249. The summed E-state index contributed by atoms with van der Waals surface area (Å²) in [6.45, 7) is 4.88. The first-order valence-electron chi connectivity index (χ1n) is 4.68. The number of carboxylic acid groups (broad SMARTS) is 1. The first-order chi connectivity index (χ1) is 6.88. The molecule has 0 aromatic carbocycles. The molecule has 1 atom stereocenters. The van der Waals surface area contributed by atoms with Crippen LogP contribution in [0.3, 0.4) is 0 Å². The summed E-state index contributed by atoms with van der Waals surface area (Å²) in [5.41, 5.74) is 2.35. The lowest BCUT2D eigenvalue weighted by molar-refractivity contribution is -0.144. The summed E-state index contributed by atoms with van der Waals surface area (Å²) in [4.78, 5) is 32.7. The molecule has 0 radical (unpaired) electrons. The van der Waals surface area contributed by atoms with Crippen LogP contribution < -0.4 is 5.43 Å². The van der Waals surface area contributed by atoms with Crippen LogP contribution in [0.15, 0.2) is 0 Å². The predicted molar refractivity (Wildman–Crippen MR) is 52.6 cm³/mol. The molecule has 0 saturated carbocycles. The lowest BCUT2D eigenvalue weighted by atomic mass is 10.1. The number of amides is 2. The van der Waals surface area contributed by atoms with E-state index in [1.54, 1.807) is 6.92 Å². The number of carboxylic acids is 1. The Morgan fingerprint density at radius 1 is 1.40 bits per heavy atom. The zero-order valence-electron chi connectivity index (χ0n) is 9.11. The second-order valence-electron chi connectivity index (χ2n) is 3.24. The van der Waals surface area contributed by atoms with Crippen LogP contribution in [0.25, 0.3) is 0 Å². The topological polar surface area (TPSA) is 86.7 Å². The van der Waals surface area contributed by atoms with Crippen molar-refractivity contribution in [2.24, 2.45) is 5.92 Å². The lowest BCUT2D eigenvalue weighted by Gasteiger charge is -2.21. The number of nitrogens with zero attached hydrogens (tertiary/aromatic N) is 1. The van der Waals surface area contributed by atoms with Crippen LogP contribution in [-0.4, -0.2) is 34.4 Å². The van der Waals surface area contributed by atoms with E-state index in [0.29, 0.717) is 6.54 Å². The Balaban J connectivity index is 4.21. The molecule has 0 aliphatic rings. The van der Waals surface area contributed by atoms with Crippen molar-refractivity contribution in [2.75, 3.05) is 6.54 Å². The fourth-order valence-corrected chi connectivity index (χ4v) is 0.978. The number of carbonyl (C=O) groups excluding carboxylic acids is 2. The van der Waals surface area contributed by atoms with Gasteiger partial charge in [-0.05, 0) is 6.92 Å². The summed E-state index contributed by atoms with van der Waals surface area (Å²) in [5, 5.41) is 9.61. The average molecular weight is 216 g/mol. The molecular weight excluding hydrogens is 200 g/mol. The fourth-order valence-electron chi connectivity index (χ4n) is 0.978. The molecule has 0 aliphatic heterocycles. The van der Waals surface area contributed by atoms with E-state index in [0.717, 1.165) is 5.01 Å². The van der Waals surface area contributed by atoms with Gasteiger partial charge in [-0.2, -0.15) is 0 Å². The third-order valence-corrected chi connectivity index (χ3v) is 1.87. The highest BCUT2D eigenvalue weighted by molar-refractivity contribution is 5.85. The number of carbonyl (C=O) groups is 3. The van der Waals surface area contributed by atoms with Gasteiger partial charge >= 0.3 is 5.97 Å². The molecule has 2 amide bonds. The van der Waals surface area contributed by atoms with E-state index in [1.807, 2.05) is 0 Å². The third-order valence-electron chi connectivity index (χ3n) is 1.87. The second kappa shape index (κ2) is 6.00. The lowest BCUT2D eigenvalue weighted by Crippen LogP contribution is -2.47. The molecule has 6 heteroatoms. The van der Waals surface area contributed by atoms with Gasteiger partial charge in [0.05, 0.1) is 6.42 Å². The van der Waals surface area contributed by atoms with Gasteiger partial charge < -0.3 is 5.11 Å². The van der Waals surface area contributed by atoms with Gasteiger partial charge in [0.1, 0.15) is 0 Å². The minimum Gasteiger partial charge on any atom is -0.481 e. The maximum Gasteiger partial charge on any atom is 0.304 e. The van der Waals surface area contributed by atoms with Gasteiger partial charge in [0, 0.05) is 19.4 Å². The Morgan fingerprint density at radius 3 is 2.27 bits per heavy atom. The Bertz CT molecular complexity index is 265. The number of hydrazine groups is 1. The van der Waals surface area contributed by atoms with E-state index in [-0.39, 0.29) is 12.3 Å². The van der Waals surface area contributed by atoms with Crippen molar-refractivity contribution >= 4 is 17.8 Å². The van der Waals surface area contributed by atoms with E-state index in [1.165, 1.54) is 13.8 Å². The molecule has 86 valence electrons. The molecule has 0 aromatic heterocycles. The van der Waals surface area contributed by atoms with E-state index in [9.17, 15) is 14.4 Å². The molecule has 0 bridgehead atoms. The van der Waals surface area contributed by atoms with Gasteiger partial charge in [-0.25, -0.2) is 0 Å². The molecule has 15 heavy (non-hydrogen) atoms. The second-order valence-corrected chi connectivity index (χ2v) is 3.24. The third kappa shape index (κ3) is 4.99. The van der Waals surface area contributed by atoms with Crippen molar-refractivity contribution in [2.45, 2.75) is 27.2 Å². The molecule has 0 heterocycles. The zero-order chi connectivity index (χ0) is 12.0. The summed E-state index contributed by atoms with van der Waals surface area (Å²) in [5.74, 6) is -2.44. The zero-order valence-corrected chi connectivity index (χ0v) is 9.11. The fraction of sp³-hybridized carbons (Fsp3) is 0.667. The van der Waals surface area contributed by atoms with Crippen molar-refractivity contribution < 1.29 is 19.5 Å². The van der Waals surface area contributed by atoms with Crippen LogP contribution in [0.5, 0.6) is 0 Å². The quantitative estimate of drug-likeness (QED) is 0.647.